The highest BCUT2D eigenvalue weighted by atomic mass is 16.5. The van der Waals surface area contributed by atoms with Crippen LogP contribution < -0.4 is 4.90 Å². The number of pyridine rings is 1. The molecule has 0 radical (unpaired) electrons. The Balaban J connectivity index is 1.55. The Bertz CT molecular complexity index is 841. The second kappa shape index (κ2) is 6.41. The van der Waals surface area contributed by atoms with Gasteiger partial charge in [0.2, 0.25) is 11.8 Å². The molecule has 0 amide bonds. The van der Waals surface area contributed by atoms with Crippen LogP contribution in [0.5, 0.6) is 5.88 Å². The number of fused-ring (bicyclic) bond motifs is 1. The fourth-order valence-electron chi connectivity index (χ4n) is 2.99. The first-order chi connectivity index (χ1) is 11.8. The van der Waals surface area contributed by atoms with Crippen molar-refractivity contribution in [2.24, 2.45) is 0 Å². The molecule has 4 rings (SSSR count). The van der Waals surface area contributed by atoms with Gasteiger partial charge in [0.1, 0.15) is 0 Å². The van der Waals surface area contributed by atoms with Gasteiger partial charge in [0.05, 0.1) is 29.8 Å². The SMILES string of the molecule is Oc1nc(N2CCOC(Cc3ccccc3)C2)nc2cnccc12. The Morgan fingerprint density at radius 2 is 2.04 bits per heavy atom. The zero-order valence-electron chi connectivity index (χ0n) is 13.2. The summed E-state index contributed by atoms with van der Waals surface area (Å²) in [5, 5.41) is 10.8. The van der Waals surface area contributed by atoms with E-state index in [1.165, 1.54) is 5.56 Å². The first-order valence-corrected chi connectivity index (χ1v) is 8.01. The van der Waals surface area contributed by atoms with E-state index in [1.807, 2.05) is 18.2 Å². The molecular weight excluding hydrogens is 304 g/mol. The number of anilines is 1. The highest BCUT2D eigenvalue weighted by Crippen LogP contribution is 2.24. The lowest BCUT2D eigenvalue weighted by Gasteiger charge is -2.33. The normalized spacial score (nSPS) is 18.0. The van der Waals surface area contributed by atoms with Gasteiger partial charge < -0.3 is 14.7 Å². The average Bonchev–Trinajstić information content (AvgIpc) is 2.63. The third-order valence-corrected chi connectivity index (χ3v) is 4.20. The van der Waals surface area contributed by atoms with E-state index in [-0.39, 0.29) is 12.0 Å². The molecule has 1 saturated heterocycles. The molecule has 6 heteroatoms. The fraction of sp³-hybridized carbons (Fsp3) is 0.278. The third kappa shape index (κ3) is 3.00. The van der Waals surface area contributed by atoms with Crippen LogP contribution in [-0.4, -0.2) is 45.9 Å². The molecule has 1 atom stereocenters. The molecule has 122 valence electrons. The van der Waals surface area contributed by atoms with E-state index in [0.717, 1.165) is 6.42 Å². The van der Waals surface area contributed by atoms with Crippen molar-refractivity contribution in [2.75, 3.05) is 24.6 Å². The van der Waals surface area contributed by atoms with Gasteiger partial charge in [-0.15, -0.1) is 0 Å². The number of hydrogen-bond acceptors (Lipinski definition) is 6. The number of benzene rings is 1. The van der Waals surface area contributed by atoms with E-state index < -0.39 is 0 Å². The minimum atomic E-state index is -0.0106. The summed E-state index contributed by atoms with van der Waals surface area (Å²) in [5.41, 5.74) is 1.89. The molecule has 3 heterocycles. The lowest BCUT2D eigenvalue weighted by atomic mass is 10.1. The highest BCUT2D eigenvalue weighted by molar-refractivity contribution is 5.83. The maximum absolute atomic E-state index is 10.1. The molecule has 1 N–H and O–H groups in total. The Hall–Kier alpha value is -2.73. The van der Waals surface area contributed by atoms with E-state index in [4.69, 9.17) is 4.74 Å². The van der Waals surface area contributed by atoms with Gasteiger partial charge in [0, 0.05) is 25.7 Å². The number of ether oxygens (including phenoxy) is 1. The summed E-state index contributed by atoms with van der Waals surface area (Å²) in [6, 6.07) is 12.0. The predicted molar refractivity (Wildman–Crippen MR) is 91.1 cm³/mol. The monoisotopic (exact) mass is 322 g/mol. The summed E-state index contributed by atoms with van der Waals surface area (Å²) in [6.07, 6.45) is 4.19. The standard InChI is InChI=1S/C18H18N4O2/c23-17-15-6-7-19-11-16(15)20-18(21-17)22-8-9-24-14(12-22)10-13-4-2-1-3-5-13/h1-7,11,14H,8-10,12H2,(H,20,21,23). The molecule has 0 bridgehead atoms. The van der Waals surface area contributed by atoms with Crippen LogP contribution in [0.15, 0.2) is 48.8 Å². The summed E-state index contributed by atoms with van der Waals surface area (Å²) >= 11 is 0. The van der Waals surface area contributed by atoms with E-state index in [0.29, 0.717) is 36.5 Å². The zero-order chi connectivity index (χ0) is 16.4. The van der Waals surface area contributed by atoms with E-state index in [1.54, 1.807) is 18.5 Å². The predicted octanol–water partition coefficient (Wildman–Crippen LogP) is 2.18. The molecule has 0 aliphatic carbocycles. The number of aromatic nitrogens is 3. The molecule has 0 spiro atoms. The number of morpholine rings is 1. The lowest BCUT2D eigenvalue weighted by Crippen LogP contribution is -2.44. The van der Waals surface area contributed by atoms with E-state index in [2.05, 4.69) is 32.0 Å². The zero-order valence-corrected chi connectivity index (χ0v) is 13.2. The van der Waals surface area contributed by atoms with E-state index in [9.17, 15) is 5.11 Å². The number of aromatic hydroxyl groups is 1. The Morgan fingerprint density at radius 3 is 2.92 bits per heavy atom. The Morgan fingerprint density at radius 1 is 1.17 bits per heavy atom. The Labute approximate surface area is 139 Å². The van der Waals surface area contributed by atoms with Gasteiger partial charge in [-0.3, -0.25) is 4.98 Å². The quantitative estimate of drug-likeness (QED) is 0.797. The third-order valence-electron chi connectivity index (χ3n) is 4.20. The van der Waals surface area contributed by atoms with Crippen LogP contribution in [0.4, 0.5) is 5.95 Å². The second-order valence-corrected chi connectivity index (χ2v) is 5.87. The summed E-state index contributed by atoms with van der Waals surface area (Å²) in [6.45, 7) is 2.02. The summed E-state index contributed by atoms with van der Waals surface area (Å²) < 4.78 is 5.88. The molecule has 0 saturated carbocycles. The second-order valence-electron chi connectivity index (χ2n) is 5.87. The van der Waals surface area contributed by atoms with Crippen molar-refractivity contribution in [3.8, 4) is 5.88 Å². The van der Waals surface area contributed by atoms with Gasteiger partial charge in [0.25, 0.3) is 0 Å². The summed E-state index contributed by atoms with van der Waals surface area (Å²) in [5.74, 6) is 0.512. The molecule has 24 heavy (non-hydrogen) atoms. The van der Waals surface area contributed by atoms with Gasteiger partial charge in [-0.25, -0.2) is 4.98 Å². The van der Waals surface area contributed by atoms with Gasteiger partial charge in [-0.1, -0.05) is 30.3 Å². The molecule has 1 aliphatic rings. The van der Waals surface area contributed by atoms with Crippen molar-refractivity contribution in [1.29, 1.82) is 0 Å². The van der Waals surface area contributed by atoms with Gasteiger partial charge in [-0.2, -0.15) is 4.98 Å². The molecular formula is C18H18N4O2. The van der Waals surface area contributed by atoms with Gasteiger partial charge in [0.15, 0.2) is 0 Å². The van der Waals surface area contributed by atoms with Crippen molar-refractivity contribution in [1.82, 2.24) is 15.0 Å². The highest BCUT2D eigenvalue weighted by Gasteiger charge is 2.23. The van der Waals surface area contributed by atoms with Gasteiger partial charge in [-0.05, 0) is 11.6 Å². The maximum atomic E-state index is 10.1. The first-order valence-electron chi connectivity index (χ1n) is 8.01. The van der Waals surface area contributed by atoms with Crippen molar-refractivity contribution in [3.05, 3.63) is 54.4 Å². The van der Waals surface area contributed by atoms with Crippen molar-refractivity contribution in [2.45, 2.75) is 12.5 Å². The molecule has 3 aromatic rings. The van der Waals surface area contributed by atoms with Crippen LogP contribution in [0, 0.1) is 0 Å². The molecule has 1 unspecified atom stereocenters. The van der Waals surface area contributed by atoms with Crippen LogP contribution in [0.1, 0.15) is 5.56 Å². The van der Waals surface area contributed by atoms with Crippen LogP contribution in [-0.2, 0) is 11.2 Å². The number of rotatable bonds is 3. The van der Waals surface area contributed by atoms with Crippen LogP contribution >= 0.6 is 0 Å². The van der Waals surface area contributed by atoms with Gasteiger partial charge >= 0.3 is 0 Å². The van der Waals surface area contributed by atoms with Crippen molar-refractivity contribution >= 4 is 16.9 Å². The largest absolute Gasteiger partial charge is 0.493 e. The first kappa shape index (κ1) is 14.8. The minimum absolute atomic E-state index is 0.0106. The van der Waals surface area contributed by atoms with E-state index >= 15 is 0 Å². The molecule has 6 nitrogen and oxygen atoms in total. The molecule has 1 fully saturated rings. The molecule has 1 aromatic carbocycles. The van der Waals surface area contributed by atoms with Crippen LogP contribution in [0.3, 0.4) is 0 Å². The maximum Gasteiger partial charge on any atom is 0.229 e. The minimum Gasteiger partial charge on any atom is -0.493 e. The van der Waals surface area contributed by atoms with Crippen LogP contribution in [0.2, 0.25) is 0 Å². The van der Waals surface area contributed by atoms with Crippen molar-refractivity contribution in [3.63, 3.8) is 0 Å². The topological polar surface area (TPSA) is 71.4 Å². The number of hydrogen-bond donors (Lipinski definition) is 1. The summed E-state index contributed by atoms with van der Waals surface area (Å²) in [4.78, 5) is 14.9. The Kier molecular flexibility index (Phi) is 3.96. The smallest absolute Gasteiger partial charge is 0.229 e. The summed E-state index contributed by atoms with van der Waals surface area (Å²) in [7, 11) is 0. The van der Waals surface area contributed by atoms with Crippen LogP contribution in [0.25, 0.3) is 10.9 Å². The molecule has 1 aliphatic heterocycles. The lowest BCUT2D eigenvalue weighted by molar-refractivity contribution is 0.0405. The number of nitrogens with zero attached hydrogens (tertiary/aromatic N) is 4. The van der Waals surface area contributed by atoms with Crippen molar-refractivity contribution < 1.29 is 9.84 Å². The fourth-order valence-corrected chi connectivity index (χ4v) is 2.99. The molecule has 2 aromatic heterocycles. The average molecular weight is 322 g/mol.